The molecule has 2 amide bonds. The van der Waals surface area contributed by atoms with Gasteiger partial charge in [-0.3, -0.25) is 14.5 Å². The van der Waals surface area contributed by atoms with E-state index in [0.717, 1.165) is 18.2 Å². The van der Waals surface area contributed by atoms with E-state index in [1.807, 2.05) is 17.5 Å². The second kappa shape index (κ2) is 4.22. The van der Waals surface area contributed by atoms with Crippen molar-refractivity contribution in [2.45, 2.75) is 25.0 Å². The number of thiophene rings is 1. The van der Waals surface area contributed by atoms with E-state index < -0.39 is 4.75 Å². The molecule has 0 atom stereocenters. The Bertz CT molecular complexity index is 412. The summed E-state index contributed by atoms with van der Waals surface area (Å²) in [5.41, 5.74) is 0. The van der Waals surface area contributed by atoms with Gasteiger partial charge in [0.15, 0.2) is 0 Å². The maximum atomic E-state index is 11.9. The van der Waals surface area contributed by atoms with E-state index in [1.54, 1.807) is 25.2 Å². The number of amides is 2. The molecule has 1 fully saturated rings. The van der Waals surface area contributed by atoms with Gasteiger partial charge < -0.3 is 0 Å². The van der Waals surface area contributed by atoms with Gasteiger partial charge in [0.25, 0.3) is 5.24 Å². The molecule has 2 heterocycles. The number of hydrogen-bond acceptors (Lipinski definition) is 4. The highest BCUT2D eigenvalue weighted by molar-refractivity contribution is 8.16. The summed E-state index contributed by atoms with van der Waals surface area (Å²) in [6.07, 6.45) is 0.756. The van der Waals surface area contributed by atoms with Crippen molar-refractivity contribution in [1.29, 1.82) is 0 Å². The number of imide groups is 1. The number of nitrogens with zero attached hydrogens (tertiary/aromatic N) is 1. The quantitative estimate of drug-likeness (QED) is 0.833. The molecule has 1 aliphatic rings. The summed E-state index contributed by atoms with van der Waals surface area (Å²) in [7, 11) is 0. The van der Waals surface area contributed by atoms with Crippen molar-refractivity contribution in [3.8, 4) is 0 Å². The molecule has 0 saturated carbocycles. The van der Waals surface area contributed by atoms with Crippen LogP contribution < -0.4 is 0 Å². The van der Waals surface area contributed by atoms with Crippen molar-refractivity contribution in [1.82, 2.24) is 4.90 Å². The van der Waals surface area contributed by atoms with Crippen LogP contribution in [0.3, 0.4) is 0 Å². The van der Waals surface area contributed by atoms with Crippen LogP contribution in [0.25, 0.3) is 0 Å². The molecule has 1 aliphatic heterocycles. The summed E-state index contributed by atoms with van der Waals surface area (Å²) in [4.78, 5) is 26.1. The molecule has 0 spiro atoms. The van der Waals surface area contributed by atoms with Crippen molar-refractivity contribution in [3.05, 3.63) is 22.4 Å². The SMILES string of the molecule is CC1(C)SC(=O)N(CCc2cccs2)C1=O. The average Bonchev–Trinajstić information content (AvgIpc) is 2.74. The van der Waals surface area contributed by atoms with E-state index in [4.69, 9.17) is 0 Å². The van der Waals surface area contributed by atoms with Gasteiger partial charge in [0.2, 0.25) is 5.91 Å². The Kier molecular flexibility index (Phi) is 3.08. The molecule has 0 N–H and O–H groups in total. The van der Waals surface area contributed by atoms with Crippen LogP contribution in [-0.4, -0.2) is 27.3 Å². The molecule has 1 saturated heterocycles. The third-order valence-corrected chi connectivity index (χ3v) is 4.50. The summed E-state index contributed by atoms with van der Waals surface area (Å²) in [6.45, 7) is 4.08. The Morgan fingerprint density at radius 1 is 1.38 bits per heavy atom. The summed E-state index contributed by atoms with van der Waals surface area (Å²) in [5.74, 6) is -0.0703. The Balaban J connectivity index is 2.00. The molecule has 0 bridgehead atoms. The molecular weight excluding hydrogens is 242 g/mol. The Hall–Kier alpha value is -0.810. The fraction of sp³-hybridized carbons (Fsp3) is 0.455. The number of carbonyl (C=O) groups excluding carboxylic acids is 2. The van der Waals surface area contributed by atoms with Gasteiger partial charge in [-0.05, 0) is 43.5 Å². The number of carbonyl (C=O) groups is 2. The molecule has 3 nitrogen and oxygen atoms in total. The van der Waals surface area contributed by atoms with E-state index in [2.05, 4.69) is 0 Å². The number of thioether (sulfide) groups is 1. The van der Waals surface area contributed by atoms with Gasteiger partial charge in [-0.2, -0.15) is 0 Å². The molecule has 0 radical (unpaired) electrons. The van der Waals surface area contributed by atoms with Crippen LogP contribution in [0.4, 0.5) is 4.79 Å². The number of hydrogen-bond donors (Lipinski definition) is 0. The van der Waals surface area contributed by atoms with Crippen LogP contribution in [0, 0.1) is 0 Å². The monoisotopic (exact) mass is 255 g/mol. The molecule has 5 heteroatoms. The van der Waals surface area contributed by atoms with Gasteiger partial charge in [0.1, 0.15) is 0 Å². The highest BCUT2D eigenvalue weighted by atomic mass is 32.2. The van der Waals surface area contributed by atoms with Crippen LogP contribution in [0.2, 0.25) is 0 Å². The van der Waals surface area contributed by atoms with Crippen LogP contribution >= 0.6 is 23.1 Å². The van der Waals surface area contributed by atoms with Crippen molar-refractivity contribution in [2.75, 3.05) is 6.54 Å². The Labute approximate surface area is 103 Å². The first-order valence-electron chi connectivity index (χ1n) is 5.08. The normalized spacial score (nSPS) is 19.5. The lowest BCUT2D eigenvalue weighted by Gasteiger charge is -2.15. The molecule has 0 unspecified atom stereocenters. The fourth-order valence-electron chi connectivity index (χ4n) is 1.59. The lowest BCUT2D eigenvalue weighted by atomic mass is 10.2. The van der Waals surface area contributed by atoms with Gasteiger partial charge in [-0.1, -0.05) is 6.07 Å². The predicted octanol–water partition coefficient (Wildman–Crippen LogP) is 2.76. The van der Waals surface area contributed by atoms with Gasteiger partial charge in [-0.25, -0.2) is 0 Å². The van der Waals surface area contributed by atoms with Crippen molar-refractivity contribution >= 4 is 34.2 Å². The third kappa shape index (κ3) is 2.15. The Morgan fingerprint density at radius 2 is 2.12 bits per heavy atom. The van der Waals surface area contributed by atoms with Crippen LogP contribution in [0.15, 0.2) is 17.5 Å². The topological polar surface area (TPSA) is 37.4 Å². The molecule has 0 aromatic carbocycles. The lowest BCUT2D eigenvalue weighted by molar-refractivity contribution is -0.128. The zero-order valence-electron chi connectivity index (χ0n) is 9.23. The van der Waals surface area contributed by atoms with Gasteiger partial charge in [0, 0.05) is 11.4 Å². The first-order valence-corrected chi connectivity index (χ1v) is 6.77. The van der Waals surface area contributed by atoms with Crippen LogP contribution in [0.5, 0.6) is 0 Å². The van der Waals surface area contributed by atoms with E-state index in [-0.39, 0.29) is 11.1 Å². The zero-order valence-corrected chi connectivity index (χ0v) is 10.9. The maximum Gasteiger partial charge on any atom is 0.289 e. The van der Waals surface area contributed by atoms with Crippen LogP contribution in [-0.2, 0) is 11.2 Å². The Morgan fingerprint density at radius 3 is 2.62 bits per heavy atom. The largest absolute Gasteiger partial charge is 0.289 e. The van der Waals surface area contributed by atoms with E-state index in [1.165, 1.54) is 9.78 Å². The highest BCUT2D eigenvalue weighted by Crippen LogP contribution is 2.36. The number of rotatable bonds is 3. The highest BCUT2D eigenvalue weighted by Gasteiger charge is 2.45. The second-order valence-corrected chi connectivity index (χ2v) is 6.77. The fourth-order valence-corrected chi connectivity index (χ4v) is 3.21. The summed E-state index contributed by atoms with van der Waals surface area (Å²) >= 11 is 2.77. The van der Waals surface area contributed by atoms with Gasteiger partial charge in [0.05, 0.1) is 4.75 Å². The molecule has 1 aromatic rings. The zero-order chi connectivity index (χ0) is 11.8. The van der Waals surface area contributed by atoms with E-state index >= 15 is 0 Å². The van der Waals surface area contributed by atoms with Gasteiger partial charge in [-0.15, -0.1) is 11.3 Å². The predicted molar refractivity (Wildman–Crippen MR) is 66.8 cm³/mol. The first kappa shape index (κ1) is 11.7. The van der Waals surface area contributed by atoms with Gasteiger partial charge >= 0.3 is 0 Å². The summed E-state index contributed by atoms with van der Waals surface area (Å²) in [5, 5.41) is 1.88. The standard InChI is InChI=1S/C11H13NO2S2/c1-11(2)9(13)12(10(14)16-11)6-5-8-4-3-7-15-8/h3-4,7H,5-6H2,1-2H3. The van der Waals surface area contributed by atoms with Crippen molar-refractivity contribution < 1.29 is 9.59 Å². The lowest BCUT2D eigenvalue weighted by Crippen LogP contribution is -2.36. The molecule has 0 aliphatic carbocycles. The minimum atomic E-state index is -0.591. The maximum absolute atomic E-state index is 11.9. The van der Waals surface area contributed by atoms with E-state index in [9.17, 15) is 9.59 Å². The molecular formula is C11H13NO2S2. The summed E-state index contributed by atoms with van der Waals surface area (Å²) in [6, 6.07) is 4.00. The summed E-state index contributed by atoms with van der Waals surface area (Å²) < 4.78 is -0.591. The minimum Gasteiger partial charge on any atom is -0.273 e. The third-order valence-electron chi connectivity index (χ3n) is 2.48. The minimum absolute atomic E-state index is 0.0703. The van der Waals surface area contributed by atoms with E-state index in [0.29, 0.717) is 6.54 Å². The van der Waals surface area contributed by atoms with Crippen molar-refractivity contribution in [2.24, 2.45) is 0 Å². The molecule has 2 rings (SSSR count). The first-order chi connectivity index (χ1) is 7.50. The second-order valence-electron chi connectivity index (χ2n) is 4.16. The molecule has 86 valence electrons. The molecule has 16 heavy (non-hydrogen) atoms. The van der Waals surface area contributed by atoms with Crippen molar-refractivity contribution in [3.63, 3.8) is 0 Å². The smallest absolute Gasteiger partial charge is 0.273 e. The molecule has 1 aromatic heterocycles. The van der Waals surface area contributed by atoms with Crippen LogP contribution in [0.1, 0.15) is 18.7 Å². The average molecular weight is 255 g/mol.